The van der Waals surface area contributed by atoms with E-state index in [0.717, 1.165) is 16.0 Å². The lowest BCUT2D eigenvalue weighted by molar-refractivity contribution is -0.139. The second-order valence-corrected chi connectivity index (χ2v) is 9.96. The molecule has 0 unspecified atom stereocenters. The number of hydrogen-bond acceptors (Lipinski definition) is 8. The summed E-state index contributed by atoms with van der Waals surface area (Å²) in [6, 6.07) is 8.64. The normalized spacial score (nSPS) is 18.9. The molecule has 1 aliphatic heterocycles. The summed E-state index contributed by atoms with van der Waals surface area (Å²) in [4.78, 5) is 52.2. The second-order valence-electron chi connectivity index (χ2n) is 9.15. The number of rotatable bonds is 6. The highest BCUT2D eigenvalue weighted by atomic mass is 79.9. The number of aromatic nitrogens is 5. The molecule has 0 saturated carbocycles. The Balaban J connectivity index is 1.43. The number of aryl methyl sites for hydroxylation is 1. The lowest BCUT2D eigenvalue weighted by Gasteiger charge is -2.25. The number of benzene rings is 1. The number of nitrogens with zero attached hydrogens (tertiary/aromatic N) is 6. The molecule has 1 saturated heterocycles. The molecular weight excluding hydrogens is 573 g/mol. The van der Waals surface area contributed by atoms with Crippen molar-refractivity contribution >= 4 is 50.2 Å². The molecule has 0 spiro atoms. The van der Waals surface area contributed by atoms with Crippen LogP contribution in [0.15, 0.2) is 53.4 Å². The van der Waals surface area contributed by atoms with E-state index < -0.39 is 36.7 Å². The van der Waals surface area contributed by atoms with Crippen molar-refractivity contribution in [2.75, 3.05) is 11.9 Å². The number of fused-ring (bicyclic) bond motifs is 1. The minimum Gasteiger partial charge on any atom is -0.387 e. The molecule has 3 atom stereocenters. The van der Waals surface area contributed by atoms with Crippen molar-refractivity contribution in [3.63, 3.8) is 0 Å². The molecule has 200 valence electrons. The van der Waals surface area contributed by atoms with Crippen LogP contribution in [0.5, 0.6) is 0 Å². The van der Waals surface area contributed by atoms with E-state index in [-0.39, 0.29) is 23.8 Å². The van der Waals surface area contributed by atoms with Gasteiger partial charge in [0.2, 0.25) is 5.91 Å². The zero-order valence-electron chi connectivity index (χ0n) is 20.9. The van der Waals surface area contributed by atoms with Gasteiger partial charge in [-0.25, -0.2) is 19.3 Å². The van der Waals surface area contributed by atoms with Crippen LogP contribution in [0.25, 0.3) is 22.0 Å². The van der Waals surface area contributed by atoms with Crippen molar-refractivity contribution in [3.05, 3.63) is 64.9 Å². The molecule has 0 aliphatic carbocycles. The maximum absolute atomic E-state index is 14.5. The van der Waals surface area contributed by atoms with E-state index in [1.54, 1.807) is 49.6 Å². The van der Waals surface area contributed by atoms with Crippen LogP contribution in [0, 0.1) is 6.92 Å². The highest BCUT2D eigenvalue weighted by molar-refractivity contribution is 9.10. The Morgan fingerprint density at radius 1 is 1.15 bits per heavy atom. The van der Waals surface area contributed by atoms with Crippen LogP contribution < -0.4 is 5.32 Å². The van der Waals surface area contributed by atoms with Gasteiger partial charge in [-0.2, -0.15) is 5.10 Å². The lowest BCUT2D eigenvalue weighted by Crippen LogP contribution is -2.49. The number of halogens is 2. The van der Waals surface area contributed by atoms with Crippen LogP contribution >= 0.6 is 15.9 Å². The van der Waals surface area contributed by atoms with Crippen LogP contribution in [0.2, 0.25) is 0 Å². The SMILES string of the molecule is CC(=O)c1nn(CC(=O)N2C[C@H](F)[C@@H](O)[C@H]2C(=O)Nc2cccc(Br)n2)c2ccc(-c3cnc(C)nc3)cc12. The highest BCUT2D eigenvalue weighted by Crippen LogP contribution is 2.28. The third kappa shape index (κ3) is 5.27. The number of anilines is 1. The van der Waals surface area contributed by atoms with Gasteiger partial charge in [0.1, 0.15) is 46.8 Å². The third-order valence-electron chi connectivity index (χ3n) is 6.44. The van der Waals surface area contributed by atoms with Gasteiger partial charge in [-0.1, -0.05) is 12.1 Å². The number of Topliss-reactive ketones (excluding diaryl/α,β-unsaturated/α-hetero) is 1. The molecule has 0 bridgehead atoms. The van der Waals surface area contributed by atoms with Crippen molar-refractivity contribution < 1.29 is 23.9 Å². The summed E-state index contributed by atoms with van der Waals surface area (Å²) in [6.07, 6.45) is -0.193. The first-order valence-electron chi connectivity index (χ1n) is 12.0. The van der Waals surface area contributed by atoms with Crippen molar-refractivity contribution in [3.8, 4) is 11.1 Å². The molecule has 13 heteroatoms. The Hall–Kier alpha value is -4.10. The van der Waals surface area contributed by atoms with Gasteiger partial charge in [0, 0.05) is 30.3 Å². The predicted molar refractivity (Wildman–Crippen MR) is 142 cm³/mol. The number of alkyl halides is 1. The number of nitrogens with one attached hydrogen (secondary N) is 1. The topological polar surface area (TPSA) is 143 Å². The van der Waals surface area contributed by atoms with Gasteiger partial charge in [-0.05, 0) is 52.7 Å². The average Bonchev–Trinajstić information content (AvgIpc) is 3.41. The number of ketones is 1. The molecular formula is C26H23BrFN7O4. The number of aliphatic hydroxyl groups excluding tert-OH is 1. The first-order chi connectivity index (χ1) is 18.6. The molecule has 39 heavy (non-hydrogen) atoms. The van der Waals surface area contributed by atoms with Crippen molar-refractivity contribution in [1.29, 1.82) is 0 Å². The summed E-state index contributed by atoms with van der Waals surface area (Å²) in [5, 5.41) is 17.8. The van der Waals surface area contributed by atoms with E-state index in [1.807, 2.05) is 0 Å². The van der Waals surface area contributed by atoms with Crippen LogP contribution in [0.3, 0.4) is 0 Å². The van der Waals surface area contributed by atoms with E-state index in [4.69, 9.17) is 0 Å². The minimum atomic E-state index is -1.82. The summed E-state index contributed by atoms with van der Waals surface area (Å²) in [5.41, 5.74) is 2.17. The molecule has 5 rings (SSSR count). The fourth-order valence-electron chi connectivity index (χ4n) is 4.52. The molecule has 2 amide bonds. The zero-order valence-corrected chi connectivity index (χ0v) is 22.5. The molecule has 4 heterocycles. The number of hydrogen-bond donors (Lipinski definition) is 2. The lowest BCUT2D eigenvalue weighted by atomic mass is 10.0. The van der Waals surface area contributed by atoms with Gasteiger partial charge in [-0.15, -0.1) is 0 Å². The molecule has 3 aromatic heterocycles. The largest absolute Gasteiger partial charge is 0.387 e. The number of carbonyl (C=O) groups excluding carboxylic acids is 3. The van der Waals surface area contributed by atoms with E-state index >= 15 is 0 Å². The Kier molecular flexibility index (Phi) is 7.19. The standard InChI is InChI=1S/C26H23BrFN7O4/c1-13(36)23-17-8-15(16-9-29-14(2)30-10-16)6-7-19(17)35(33-23)12-22(37)34-11-18(28)25(38)24(34)26(39)32-21-5-3-4-20(27)31-21/h3-10,18,24-25,38H,11-12H2,1-2H3,(H,31,32,39)/t18-,24-,25+/m0/s1. The van der Waals surface area contributed by atoms with Gasteiger partial charge < -0.3 is 15.3 Å². The highest BCUT2D eigenvalue weighted by Gasteiger charge is 2.47. The molecule has 11 nitrogen and oxygen atoms in total. The van der Waals surface area contributed by atoms with Gasteiger partial charge >= 0.3 is 0 Å². The van der Waals surface area contributed by atoms with Gasteiger partial charge in [-0.3, -0.25) is 19.1 Å². The number of amides is 2. The average molecular weight is 596 g/mol. The zero-order chi connectivity index (χ0) is 27.8. The summed E-state index contributed by atoms with van der Waals surface area (Å²) in [7, 11) is 0. The monoisotopic (exact) mass is 595 g/mol. The number of likely N-dealkylation sites (tertiary alicyclic amines) is 1. The van der Waals surface area contributed by atoms with Crippen LogP contribution in [-0.2, 0) is 16.1 Å². The maximum Gasteiger partial charge on any atom is 0.251 e. The summed E-state index contributed by atoms with van der Waals surface area (Å²) < 4.78 is 16.4. The molecule has 1 aliphatic rings. The van der Waals surface area contributed by atoms with Gasteiger partial charge in [0.25, 0.3) is 5.91 Å². The molecule has 4 aromatic rings. The third-order valence-corrected chi connectivity index (χ3v) is 6.88. The van der Waals surface area contributed by atoms with E-state index in [9.17, 15) is 23.9 Å². The van der Waals surface area contributed by atoms with Gasteiger partial charge in [0.15, 0.2) is 5.78 Å². The maximum atomic E-state index is 14.5. The van der Waals surface area contributed by atoms with Crippen LogP contribution in [-0.4, -0.2) is 77.2 Å². The Morgan fingerprint density at radius 3 is 2.59 bits per heavy atom. The van der Waals surface area contributed by atoms with Crippen molar-refractivity contribution in [2.45, 2.75) is 38.7 Å². The first-order valence-corrected chi connectivity index (χ1v) is 12.8. The Morgan fingerprint density at radius 2 is 1.90 bits per heavy atom. The number of carbonyl (C=O) groups is 3. The molecule has 1 fully saturated rings. The van der Waals surface area contributed by atoms with Crippen molar-refractivity contribution in [2.24, 2.45) is 0 Å². The molecule has 1 aromatic carbocycles. The number of aliphatic hydroxyl groups is 1. The van der Waals surface area contributed by atoms with E-state index in [0.29, 0.717) is 21.3 Å². The molecule has 0 radical (unpaired) electrons. The van der Waals surface area contributed by atoms with Crippen molar-refractivity contribution in [1.82, 2.24) is 29.6 Å². The Labute approximate surface area is 230 Å². The van der Waals surface area contributed by atoms with Crippen LogP contribution in [0.4, 0.5) is 10.2 Å². The van der Waals surface area contributed by atoms with Gasteiger partial charge in [0.05, 0.1) is 12.1 Å². The quantitative estimate of drug-likeness (QED) is 0.256. The number of pyridine rings is 1. The van der Waals surface area contributed by atoms with E-state index in [1.165, 1.54) is 17.7 Å². The smallest absolute Gasteiger partial charge is 0.251 e. The fraction of sp³-hybridized carbons (Fsp3) is 0.269. The summed E-state index contributed by atoms with van der Waals surface area (Å²) in [6.45, 7) is 2.30. The predicted octanol–water partition coefficient (Wildman–Crippen LogP) is 2.71. The van der Waals surface area contributed by atoms with Crippen LogP contribution in [0.1, 0.15) is 23.2 Å². The first kappa shape index (κ1) is 26.5. The second kappa shape index (κ2) is 10.6. The Bertz CT molecular complexity index is 1590. The molecule has 2 N–H and O–H groups in total. The minimum absolute atomic E-state index is 0.160. The summed E-state index contributed by atoms with van der Waals surface area (Å²) >= 11 is 3.21. The fourth-order valence-corrected chi connectivity index (χ4v) is 4.87. The summed E-state index contributed by atoms with van der Waals surface area (Å²) in [5.74, 6) is -0.927. The van der Waals surface area contributed by atoms with E-state index in [2.05, 4.69) is 41.3 Å².